The highest BCUT2D eigenvalue weighted by atomic mass is 16.1. The predicted octanol–water partition coefficient (Wildman–Crippen LogP) is 0.00320. The van der Waals surface area contributed by atoms with Crippen molar-refractivity contribution in [2.75, 3.05) is 0 Å². The first-order chi connectivity index (χ1) is 7.15. The van der Waals surface area contributed by atoms with Crippen LogP contribution in [0.2, 0.25) is 0 Å². The van der Waals surface area contributed by atoms with E-state index in [4.69, 9.17) is 17.2 Å². The number of amidine groups is 1. The van der Waals surface area contributed by atoms with E-state index in [1.165, 1.54) is 0 Å². The molecule has 6 N–H and O–H groups in total. The highest BCUT2D eigenvalue weighted by Gasteiger charge is 2.08. The van der Waals surface area contributed by atoms with Gasteiger partial charge in [-0.05, 0) is 12.1 Å². The van der Waals surface area contributed by atoms with Gasteiger partial charge in [0.2, 0.25) is 0 Å². The Morgan fingerprint density at radius 2 is 1.80 bits per heavy atom. The second-order valence-electron chi connectivity index (χ2n) is 2.78. The van der Waals surface area contributed by atoms with Crippen LogP contribution in [0.5, 0.6) is 0 Å². The maximum atomic E-state index is 10.9. The lowest BCUT2D eigenvalue weighted by Gasteiger charge is -2.01. The molecule has 0 saturated carbocycles. The quantitative estimate of drug-likeness (QED) is 0.366. The minimum absolute atomic E-state index is 0.0104. The van der Waals surface area contributed by atoms with Gasteiger partial charge < -0.3 is 17.2 Å². The minimum atomic E-state index is -0.699. The first-order valence-corrected chi connectivity index (χ1v) is 4.26. The van der Waals surface area contributed by atoms with E-state index in [1.807, 2.05) is 18.2 Å². The Morgan fingerprint density at radius 3 is 2.27 bits per heavy atom. The number of carbonyl (C=O) groups is 1. The average Bonchev–Trinajstić information content (AvgIpc) is 2.19. The summed E-state index contributed by atoms with van der Waals surface area (Å²) in [7, 11) is 0. The standard InChI is InChI=1S/C10H12N4O/c11-6-8(10(13)15)9(12)14-7-4-2-1-3-5-7/h1-6H,11H2,(H2,12,14)(H2,13,15). The second-order valence-corrected chi connectivity index (χ2v) is 2.78. The number of nitrogens with two attached hydrogens (primary N) is 3. The molecule has 0 heterocycles. The number of nitrogens with zero attached hydrogens (tertiary/aromatic N) is 1. The average molecular weight is 204 g/mol. The lowest BCUT2D eigenvalue weighted by atomic mass is 10.2. The zero-order valence-electron chi connectivity index (χ0n) is 8.05. The van der Waals surface area contributed by atoms with Crippen LogP contribution in [-0.4, -0.2) is 11.7 Å². The van der Waals surface area contributed by atoms with Gasteiger partial charge in [0.05, 0.1) is 11.3 Å². The number of amides is 1. The fourth-order valence-electron chi connectivity index (χ4n) is 0.996. The first kappa shape index (κ1) is 10.8. The number of hydrogen-bond donors (Lipinski definition) is 3. The van der Waals surface area contributed by atoms with Crippen molar-refractivity contribution in [3.8, 4) is 0 Å². The Balaban J connectivity index is 2.99. The summed E-state index contributed by atoms with van der Waals surface area (Å²) in [6.45, 7) is 0. The number of benzene rings is 1. The lowest BCUT2D eigenvalue weighted by molar-refractivity contribution is -0.114. The summed E-state index contributed by atoms with van der Waals surface area (Å²) in [5.74, 6) is -0.689. The van der Waals surface area contributed by atoms with Crippen LogP contribution in [0.3, 0.4) is 0 Å². The molecule has 78 valence electrons. The largest absolute Gasteiger partial charge is 0.404 e. The lowest BCUT2D eigenvalue weighted by Crippen LogP contribution is -2.27. The molecule has 1 aromatic rings. The number of aliphatic imine (C=N–C) groups is 1. The van der Waals surface area contributed by atoms with Crippen molar-refractivity contribution in [2.45, 2.75) is 0 Å². The molecule has 1 amide bonds. The normalized spacial score (nSPS) is 12.5. The van der Waals surface area contributed by atoms with Crippen LogP contribution < -0.4 is 17.2 Å². The van der Waals surface area contributed by atoms with E-state index in [0.717, 1.165) is 6.20 Å². The molecule has 1 aromatic carbocycles. The molecule has 0 bridgehead atoms. The summed E-state index contributed by atoms with van der Waals surface area (Å²) in [4.78, 5) is 14.9. The Morgan fingerprint density at radius 1 is 1.20 bits per heavy atom. The molecule has 5 nitrogen and oxygen atoms in total. The molecule has 0 radical (unpaired) electrons. The summed E-state index contributed by atoms with van der Waals surface area (Å²) in [6.07, 6.45) is 1.05. The molecule has 5 heteroatoms. The number of hydrogen-bond acceptors (Lipinski definition) is 3. The van der Waals surface area contributed by atoms with Crippen molar-refractivity contribution < 1.29 is 4.79 Å². The van der Waals surface area contributed by atoms with Crippen molar-refractivity contribution in [3.05, 3.63) is 42.1 Å². The van der Waals surface area contributed by atoms with E-state index in [-0.39, 0.29) is 11.4 Å². The topological polar surface area (TPSA) is 107 Å². The molecule has 0 aliphatic carbocycles. The van der Waals surface area contributed by atoms with Crippen LogP contribution >= 0.6 is 0 Å². The fourth-order valence-corrected chi connectivity index (χ4v) is 0.996. The van der Waals surface area contributed by atoms with E-state index in [0.29, 0.717) is 5.69 Å². The molecule has 0 atom stereocenters. The molecule has 15 heavy (non-hydrogen) atoms. The number of carbonyl (C=O) groups excluding carboxylic acids is 1. The van der Waals surface area contributed by atoms with Gasteiger partial charge in [-0.25, -0.2) is 4.99 Å². The van der Waals surface area contributed by atoms with E-state index in [2.05, 4.69) is 4.99 Å². The first-order valence-electron chi connectivity index (χ1n) is 4.26. The maximum Gasteiger partial charge on any atom is 0.253 e. The van der Waals surface area contributed by atoms with Gasteiger partial charge in [-0.15, -0.1) is 0 Å². The molecule has 0 fully saturated rings. The van der Waals surface area contributed by atoms with Crippen molar-refractivity contribution in [1.82, 2.24) is 0 Å². The molecule has 0 saturated heterocycles. The van der Waals surface area contributed by atoms with Crippen molar-refractivity contribution in [1.29, 1.82) is 0 Å². The Labute approximate surface area is 87.3 Å². The van der Waals surface area contributed by atoms with E-state index >= 15 is 0 Å². The third-order valence-corrected chi connectivity index (χ3v) is 1.71. The van der Waals surface area contributed by atoms with Crippen LogP contribution in [0.1, 0.15) is 0 Å². The molecule has 1 rings (SSSR count). The van der Waals surface area contributed by atoms with E-state index in [1.54, 1.807) is 12.1 Å². The van der Waals surface area contributed by atoms with Gasteiger partial charge in [-0.2, -0.15) is 0 Å². The minimum Gasteiger partial charge on any atom is -0.404 e. The summed E-state index contributed by atoms with van der Waals surface area (Å²) < 4.78 is 0. The molecule has 0 aliphatic rings. The zero-order chi connectivity index (χ0) is 11.3. The molecule has 0 unspecified atom stereocenters. The van der Waals surface area contributed by atoms with Gasteiger partial charge in [0.1, 0.15) is 5.84 Å². The van der Waals surface area contributed by atoms with Crippen molar-refractivity contribution in [3.63, 3.8) is 0 Å². The Hall–Kier alpha value is -2.30. The van der Waals surface area contributed by atoms with Crippen molar-refractivity contribution >= 4 is 17.4 Å². The SMILES string of the molecule is NC=C(C(N)=O)C(N)=Nc1ccccc1. The van der Waals surface area contributed by atoms with Crippen LogP contribution in [0.4, 0.5) is 5.69 Å². The summed E-state index contributed by atoms with van der Waals surface area (Å²) >= 11 is 0. The van der Waals surface area contributed by atoms with Gasteiger partial charge in [-0.3, -0.25) is 4.79 Å². The summed E-state index contributed by atoms with van der Waals surface area (Å²) in [5.41, 5.74) is 16.5. The fraction of sp³-hybridized carbons (Fsp3) is 0. The van der Waals surface area contributed by atoms with Gasteiger partial charge in [-0.1, -0.05) is 18.2 Å². The zero-order valence-corrected chi connectivity index (χ0v) is 8.05. The predicted molar refractivity (Wildman–Crippen MR) is 59.2 cm³/mol. The van der Waals surface area contributed by atoms with E-state index in [9.17, 15) is 4.79 Å². The van der Waals surface area contributed by atoms with Crippen LogP contribution in [-0.2, 0) is 4.79 Å². The van der Waals surface area contributed by atoms with Crippen LogP contribution in [0, 0.1) is 0 Å². The van der Waals surface area contributed by atoms with E-state index < -0.39 is 5.91 Å². The summed E-state index contributed by atoms with van der Waals surface area (Å²) in [5, 5.41) is 0. The molecular weight excluding hydrogens is 192 g/mol. The smallest absolute Gasteiger partial charge is 0.253 e. The van der Waals surface area contributed by atoms with Crippen LogP contribution in [0.15, 0.2) is 47.1 Å². The molecular formula is C10H12N4O. The third-order valence-electron chi connectivity index (χ3n) is 1.71. The van der Waals surface area contributed by atoms with Gasteiger partial charge >= 0.3 is 0 Å². The highest BCUT2D eigenvalue weighted by Crippen LogP contribution is 2.10. The van der Waals surface area contributed by atoms with Crippen LogP contribution in [0.25, 0.3) is 0 Å². The maximum absolute atomic E-state index is 10.9. The number of para-hydroxylation sites is 1. The van der Waals surface area contributed by atoms with Gasteiger partial charge in [0, 0.05) is 6.20 Å². The second kappa shape index (κ2) is 4.80. The Bertz CT molecular complexity index is 409. The number of rotatable bonds is 3. The van der Waals surface area contributed by atoms with Gasteiger partial charge in [0.25, 0.3) is 5.91 Å². The highest BCUT2D eigenvalue weighted by molar-refractivity contribution is 6.20. The molecule has 0 aliphatic heterocycles. The third kappa shape index (κ3) is 2.84. The number of primary amides is 1. The monoisotopic (exact) mass is 204 g/mol. The van der Waals surface area contributed by atoms with Gasteiger partial charge in [0.15, 0.2) is 0 Å². The summed E-state index contributed by atoms with van der Waals surface area (Å²) in [6, 6.07) is 8.97. The molecule has 0 aromatic heterocycles. The van der Waals surface area contributed by atoms with Crippen molar-refractivity contribution in [2.24, 2.45) is 22.2 Å². The Kier molecular flexibility index (Phi) is 3.45. The molecule has 0 spiro atoms.